The Bertz CT molecular complexity index is 1110. The first kappa shape index (κ1) is 18.6. The molecule has 0 radical (unpaired) electrons. The fraction of sp³-hybridized carbons (Fsp3) is 0.0625. The summed E-state index contributed by atoms with van der Waals surface area (Å²) in [5, 5.41) is 9.93. The van der Waals surface area contributed by atoms with Crippen molar-refractivity contribution in [2.45, 2.75) is 10.6 Å². The summed E-state index contributed by atoms with van der Waals surface area (Å²) in [5.74, 6) is -0.164. The summed E-state index contributed by atoms with van der Waals surface area (Å²) < 4.78 is 46.8. The topological polar surface area (TPSA) is 112 Å². The highest BCUT2D eigenvalue weighted by Crippen LogP contribution is 2.28. The zero-order valence-electron chi connectivity index (χ0n) is 13.2. The molecule has 26 heavy (non-hydrogen) atoms. The van der Waals surface area contributed by atoms with Crippen molar-refractivity contribution in [1.29, 1.82) is 0 Å². The van der Waals surface area contributed by atoms with Crippen LogP contribution in [0.3, 0.4) is 0 Å². The number of nitrogens with two attached hydrogens (primary N) is 1. The Morgan fingerprint density at radius 2 is 1.65 bits per heavy atom. The van der Waals surface area contributed by atoms with Crippen LogP contribution in [0.2, 0.25) is 5.02 Å². The SMILES string of the molecule is NS(=O)(=O)c1ccc(-n2ncc(C[SH](=O)=O)c2-c2ccc(Cl)cc2)cc1. The third kappa shape index (κ3) is 3.96. The largest absolute Gasteiger partial charge is 0.238 e. The number of nitrogens with zero attached hydrogens (tertiary/aromatic N) is 2. The average molecular weight is 412 g/mol. The van der Waals surface area contributed by atoms with Crippen LogP contribution in [0.4, 0.5) is 0 Å². The molecule has 0 aliphatic heterocycles. The molecule has 0 saturated heterocycles. The van der Waals surface area contributed by atoms with Crippen LogP contribution in [0.1, 0.15) is 5.56 Å². The Morgan fingerprint density at radius 3 is 2.19 bits per heavy atom. The summed E-state index contributed by atoms with van der Waals surface area (Å²) in [6.45, 7) is 0. The van der Waals surface area contributed by atoms with E-state index in [9.17, 15) is 16.8 Å². The summed E-state index contributed by atoms with van der Waals surface area (Å²) >= 11 is 5.93. The molecule has 3 rings (SSSR count). The van der Waals surface area contributed by atoms with Crippen LogP contribution >= 0.6 is 11.6 Å². The van der Waals surface area contributed by atoms with E-state index in [0.29, 0.717) is 22.0 Å². The number of hydrogen-bond donors (Lipinski definition) is 2. The van der Waals surface area contributed by atoms with Gasteiger partial charge in [0.1, 0.15) is 10.7 Å². The van der Waals surface area contributed by atoms with E-state index in [-0.39, 0.29) is 10.6 Å². The molecule has 0 unspecified atom stereocenters. The van der Waals surface area contributed by atoms with Crippen LogP contribution < -0.4 is 5.14 Å². The van der Waals surface area contributed by atoms with Crippen molar-refractivity contribution in [2.75, 3.05) is 0 Å². The van der Waals surface area contributed by atoms with E-state index in [4.69, 9.17) is 16.7 Å². The molecule has 10 heteroatoms. The van der Waals surface area contributed by atoms with Gasteiger partial charge < -0.3 is 0 Å². The molecule has 0 bridgehead atoms. The van der Waals surface area contributed by atoms with Crippen molar-refractivity contribution in [3.63, 3.8) is 0 Å². The molecule has 1 aromatic heterocycles. The molecule has 0 spiro atoms. The first-order chi connectivity index (χ1) is 12.3. The van der Waals surface area contributed by atoms with E-state index < -0.39 is 20.7 Å². The molecule has 0 aliphatic rings. The number of sulfonamides is 1. The maximum absolute atomic E-state index is 11.4. The molecule has 7 nitrogen and oxygen atoms in total. The highest BCUT2D eigenvalue weighted by atomic mass is 35.5. The van der Waals surface area contributed by atoms with Crippen LogP contribution in [0.15, 0.2) is 59.6 Å². The molecule has 2 N–H and O–H groups in total. The Hall–Kier alpha value is -2.20. The van der Waals surface area contributed by atoms with Crippen LogP contribution in [0.5, 0.6) is 0 Å². The summed E-state index contributed by atoms with van der Waals surface area (Å²) in [7, 11) is -6.44. The number of aromatic nitrogens is 2. The van der Waals surface area contributed by atoms with Gasteiger partial charge in [0.05, 0.1) is 28.2 Å². The van der Waals surface area contributed by atoms with Crippen LogP contribution in [0.25, 0.3) is 16.9 Å². The zero-order valence-corrected chi connectivity index (χ0v) is 15.7. The van der Waals surface area contributed by atoms with Gasteiger partial charge in [0.15, 0.2) is 0 Å². The van der Waals surface area contributed by atoms with E-state index in [2.05, 4.69) is 5.10 Å². The Labute approximate surface area is 157 Å². The minimum atomic E-state index is -3.80. The second-order valence-electron chi connectivity index (χ2n) is 5.47. The molecular weight excluding hydrogens is 398 g/mol. The smallest absolute Gasteiger partial charge is 0.233 e. The lowest BCUT2D eigenvalue weighted by atomic mass is 10.1. The maximum Gasteiger partial charge on any atom is 0.238 e. The van der Waals surface area contributed by atoms with Gasteiger partial charge in [-0.3, -0.25) is 0 Å². The van der Waals surface area contributed by atoms with Gasteiger partial charge in [-0.05, 0) is 36.4 Å². The lowest BCUT2D eigenvalue weighted by molar-refractivity contribution is 0.597. The van der Waals surface area contributed by atoms with Crippen molar-refractivity contribution < 1.29 is 16.8 Å². The van der Waals surface area contributed by atoms with Crippen molar-refractivity contribution in [3.8, 4) is 16.9 Å². The fourth-order valence-corrected chi connectivity index (χ4v) is 3.68. The van der Waals surface area contributed by atoms with E-state index in [1.165, 1.54) is 18.3 Å². The lowest BCUT2D eigenvalue weighted by Gasteiger charge is -2.10. The van der Waals surface area contributed by atoms with Crippen molar-refractivity contribution in [1.82, 2.24) is 9.78 Å². The van der Waals surface area contributed by atoms with Gasteiger partial charge in [-0.15, -0.1) is 0 Å². The minimum Gasteiger partial charge on any atom is -0.233 e. The highest BCUT2D eigenvalue weighted by molar-refractivity contribution is 7.89. The molecule has 0 saturated carbocycles. The third-order valence-corrected chi connectivity index (χ3v) is 5.45. The van der Waals surface area contributed by atoms with Crippen molar-refractivity contribution in [2.24, 2.45) is 5.14 Å². The van der Waals surface area contributed by atoms with Crippen LogP contribution in [-0.2, 0) is 26.5 Å². The van der Waals surface area contributed by atoms with Gasteiger partial charge in [-0.1, -0.05) is 23.7 Å². The Morgan fingerprint density at radius 1 is 1.04 bits per heavy atom. The quantitative estimate of drug-likeness (QED) is 0.623. The lowest BCUT2D eigenvalue weighted by Crippen LogP contribution is -2.12. The van der Waals surface area contributed by atoms with E-state index >= 15 is 0 Å². The first-order valence-electron chi connectivity index (χ1n) is 7.33. The second-order valence-corrected chi connectivity index (χ2v) is 8.45. The molecular formula is C16H14ClN3O4S2. The molecule has 0 aliphatic carbocycles. The normalized spacial score (nSPS) is 11.8. The number of rotatable bonds is 5. The summed E-state index contributed by atoms with van der Waals surface area (Å²) in [4.78, 5) is -0.0238. The number of hydrogen-bond acceptors (Lipinski definition) is 5. The summed E-state index contributed by atoms with van der Waals surface area (Å²) in [5.41, 5.74) is 2.41. The third-order valence-electron chi connectivity index (χ3n) is 3.67. The second kappa shape index (κ2) is 7.20. The Kier molecular flexibility index (Phi) is 5.15. The van der Waals surface area contributed by atoms with Gasteiger partial charge in [0.25, 0.3) is 0 Å². The van der Waals surface area contributed by atoms with Crippen LogP contribution in [0, 0.1) is 0 Å². The molecule has 1 heterocycles. The first-order valence-corrected chi connectivity index (χ1v) is 10.6. The maximum atomic E-state index is 11.4. The average Bonchev–Trinajstić information content (AvgIpc) is 2.98. The zero-order chi connectivity index (χ0) is 18.9. The van der Waals surface area contributed by atoms with Gasteiger partial charge in [0, 0.05) is 16.1 Å². The molecule has 2 aromatic carbocycles. The number of primary sulfonamides is 1. The predicted octanol–water partition coefficient (Wildman–Crippen LogP) is 1.95. The van der Waals surface area contributed by atoms with Gasteiger partial charge in [0.2, 0.25) is 10.0 Å². The highest BCUT2D eigenvalue weighted by Gasteiger charge is 2.16. The van der Waals surface area contributed by atoms with Gasteiger partial charge in [-0.2, -0.15) is 5.10 Å². The predicted molar refractivity (Wildman–Crippen MR) is 99.4 cm³/mol. The molecule has 3 aromatic rings. The minimum absolute atomic E-state index is 0.0238. The fourth-order valence-electron chi connectivity index (χ4n) is 2.53. The van der Waals surface area contributed by atoms with Gasteiger partial charge in [-0.25, -0.2) is 26.7 Å². The van der Waals surface area contributed by atoms with E-state index in [1.807, 2.05) is 0 Å². The van der Waals surface area contributed by atoms with Gasteiger partial charge >= 0.3 is 0 Å². The number of benzene rings is 2. The number of halogens is 1. The number of thiol groups is 1. The standard InChI is InChI=1S/C16H14ClN3O4S2/c17-13-3-1-11(2-4-13)16-12(10-25(21)22)9-19-20(16)14-5-7-15(8-6-14)26(18,23)24/h1-9,25H,10H2,(H2,18,23,24). The molecule has 136 valence electrons. The van der Waals surface area contributed by atoms with E-state index in [1.54, 1.807) is 41.1 Å². The van der Waals surface area contributed by atoms with Crippen LogP contribution in [-0.4, -0.2) is 26.6 Å². The summed E-state index contributed by atoms with van der Waals surface area (Å²) in [6, 6.07) is 12.7. The Balaban J connectivity index is 2.15. The molecule has 0 atom stereocenters. The van der Waals surface area contributed by atoms with E-state index in [0.717, 1.165) is 5.56 Å². The monoisotopic (exact) mass is 411 g/mol. The molecule has 0 fully saturated rings. The van der Waals surface area contributed by atoms with Crippen molar-refractivity contribution in [3.05, 3.63) is 65.3 Å². The summed E-state index contributed by atoms with van der Waals surface area (Å²) in [6.07, 6.45) is 1.47. The van der Waals surface area contributed by atoms with Crippen molar-refractivity contribution >= 4 is 32.3 Å². The molecule has 0 amide bonds.